The molecule has 0 amide bonds. The lowest BCUT2D eigenvalue weighted by molar-refractivity contribution is 0.346. The molecule has 0 aromatic heterocycles. The van der Waals surface area contributed by atoms with Crippen LogP contribution in [0.15, 0.2) is 35.3 Å². The molecule has 0 saturated heterocycles. The van der Waals surface area contributed by atoms with E-state index in [1.807, 2.05) is 18.2 Å². The fraction of sp³-hybridized carbons (Fsp3) is 0.381. The van der Waals surface area contributed by atoms with Gasteiger partial charge in [0.1, 0.15) is 0 Å². The van der Waals surface area contributed by atoms with E-state index in [1.165, 1.54) is 24.3 Å². The Bertz CT molecular complexity index is 876. The molecular formula is C21H27FIN3O3. The number of hydrogen-bond donors (Lipinski definition) is 1. The van der Waals surface area contributed by atoms with Crippen LogP contribution in [0.5, 0.6) is 17.2 Å². The molecule has 1 aliphatic heterocycles. The van der Waals surface area contributed by atoms with Crippen molar-refractivity contribution in [3.63, 3.8) is 0 Å². The van der Waals surface area contributed by atoms with Crippen molar-refractivity contribution in [1.82, 2.24) is 10.2 Å². The number of ether oxygens (including phenoxy) is 3. The van der Waals surface area contributed by atoms with Crippen LogP contribution < -0.4 is 19.5 Å². The lowest BCUT2D eigenvalue weighted by Gasteiger charge is -2.32. The molecule has 0 saturated carbocycles. The average molecular weight is 515 g/mol. The second-order valence-electron chi connectivity index (χ2n) is 6.52. The summed E-state index contributed by atoms with van der Waals surface area (Å²) in [5.41, 5.74) is 3.26. The Morgan fingerprint density at radius 3 is 2.28 bits per heavy atom. The molecule has 0 atom stereocenters. The molecule has 29 heavy (non-hydrogen) atoms. The molecule has 1 N–H and O–H groups in total. The van der Waals surface area contributed by atoms with Gasteiger partial charge in [-0.05, 0) is 47.4 Å². The van der Waals surface area contributed by atoms with Gasteiger partial charge >= 0.3 is 0 Å². The van der Waals surface area contributed by atoms with Gasteiger partial charge < -0.3 is 24.4 Å². The summed E-state index contributed by atoms with van der Waals surface area (Å²) in [7, 11) is 6.49. The van der Waals surface area contributed by atoms with Crippen molar-refractivity contribution in [1.29, 1.82) is 0 Å². The fourth-order valence-electron chi connectivity index (χ4n) is 3.40. The number of guanidine groups is 1. The number of methoxy groups -OCH3 is 3. The molecule has 1 heterocycles. The van der Waals surface area contributed by atoms with Gasteiger partial charge in [0.15, 0.2) is 29.0 Å². The normalized spacial score (nSPS) is 13.3. The molecule has 3 rings (SSSR count). The van der Waals surface area contributed by atoms with Gasteiger partial charge in [-0.25, -0.2) is 4.39 Å². The molecule has 1 aliphatic rings. The van der Waals surface area contributed by atoms with Gasteiger partial charge in [0.2, 0.25) is 0 Å². The maximum atomic E-state index is 13.9. The topological polar surface area (TPSA) is 55.3 Å². The first-order valence-electron chi connectivity index (χ1n) is 9.11. The third-order valence-electron chi connectivity index (χ3n) is 4.90. The minimum atomic E-state index is -0.371. The predicted molar refractivity (Wildman–Crippen MR) is 122 cm³/mol. The van der Waals surface area contributed by atoms with Crippen molar-refractivity contribution in [2.24, 2.45) is 4.99 Å². The number of nitrogens with zero attached hydrogens (tertiary/aromatic N) is 2. The highest BCUT2D eigenvalue weighted by Gasteiger charge is 2.21. The second-order valence-corrected chi connectivity index (χ2v) is 6.52. The zero-order chi connectivity index (χ0) is 20.1. The first kappa shape index (κ1) is 23.1. The summed E-state index contributed by atoms with van der Waals surface area (Å²) in [6.07, 6.45) is 0.882. The van der Waals surface area contributed by atoms with E-state index < -0.39 is 0 Å². The van der Waals surface area contributed by atoms with E-state index in [1.54, 1.807) is 27.3 Å². The second kappa shape index (κ2) is 10.5. The largest absolute Gasteiger partial charge is 0.494 e. The Morgan fingerprint density at radius 2 is 1.69 bits per heavy atom. The van der Waals surface area contributed by atoms with Gasteiger partial charge in [-0.15, -0.1) is 24.0 Å². The summed E-state index contributed by atoms with van der Waals surface area (Å²) in [6.45, 7) is 2.02. The van der Waals surface area contributed by atoms with E-state index in [4.69, 9.17) is 14.2 Å². The zero-order valence-corrected chi connectivity index (χ0v) is 19.5. The molecule has 0 radical (unpaired) electrons. The van der Waals surface area contributed by atoms with Crippen LogP contribution >= 0.6 is 24.0 Å². The van der Waals surface area contributed by atoms with Crippen LogP contribution in [0.1, 0.15) is 16.7 Å². The summed E-state index contributed by atoms with van der Waals surface area (Å²) in [5, 5.41) is 3.31. The van der Waals surface area contributed by atoms with E-state index in [2.05, 4.69) is 15.2 Å². The third kappa shape index (κ3) is 5.23. The van der Waals surface area contributed by atoms with Crippen molar-refractivity contribution in [3.05, 3.63) is 52.8 Å². The summed E-state index contributed by atoms with van der Waals surface area (Å²) in [5.74, 6) is 2.12. The molecule has 2 aromatic carbocycles. The lowest BCUT2D eigenvalue weighted by Crippen LogP contribution is -2.43. The van der Waals surface area contributed by atoms with Crippen molar-refractivity contribution < 1.29 is 18.6 Å². The van der Waals surface area contributed by atoms with Crippen LogP contribution in [0.3, 0.4) is 0 Å². The van der Waals surface area contributed by atoms with E-state index in [0.29, 0.717) is 13.1 Å². The van der Waals surface area contributed by atoms with E-state index >= 15 is 0 Å². The Hall–Kier alpha value is -2.23. The number of aliphatic imine (C=N–C) groups is 1. The minimum absolute atomic E-state index is 0. The predicted octanol–water partition coefficient (Wildman–Crippen LogP) is 3.60. The molecule has 0 fully saturated rings. The van der Waals surface area contributed by atoms with Crippen LogP contribution in [-0.2, 0) is 19.5 Å². The zero-order valence-electron chi connectivity index (χ0n) is 17.1. The quantitative estimate of drug-likeness (QED) is 0.375. The smallest absolute Gasteiger partial charge is 0.194 e. The molecule has 2 aromatic rings. The van der Waals surface area contributed by atoms with Gasteiger partial charge in [0.05, 0.1) is 21.3 Å². The standard InChI is InChI=1S/C21H26FN3O3.HI/c1-23-21(24-12-14-5-6-18(26-2)17(22)9-14)25-8-7-15-10-19(27-3)20(28-4)11-16(15)13-25;/h5-6,9-11H,7-8,12-13H2,1-4H3,(H,23,24);1H. The minimum Gasteiger partial charge on any atom is -0.494 e. The maximum Gasteiger partial charge on any atom is 0.194 e. The van der Waals surface area contributed by atoms with E-state index in [-0.39, 0.29) is 35.5 Å². The third-order valence-corrected chi connectivity index (χ3v) is 4.90. The Morgan fingerprint density at radius 1 is 1.03 bits per heavy atom. The number of fused-ring (bicyclic) bond motifs is 1. The molecule has 6 nitrogen and oxygen atoms in total. The van der Waals surface area contributed by atoms with Gasteiger partial charge in [0.25, 0.3) is 0 Å². The van der Waals surface area contributed by atoms with Crippen molar-refractivity contribution >= 4 is 29.9 Å². The van der Waals surface area contributed by atoms with Crippen molar-refractivity contribution in [2.45, 2.75) is 19.5 Å². The highest BCUT2D eigenvalue weighted by Crippen LogP contribution is 2.33. The van der Waals surface area contributed by atoms with Crippen molar-refractivity contribution in [2.75, 3.05) is 34.9 Å². The molecular weight excluding hydrogens is 488 g/mol. The van der Waals surface area contributed by atoms with Crippen molar-refractivity contribution in [3.8, 4) is 17.2 Å². The Labute approximate surface area is 188 Å². The highest BCUT2D eigenvalue weighted by molar-refractivity contribution is 14.0. The lowest BCUT2D eigenvalue weighted by atomic mass is 9.99. The number of rotatable bonds is 5. The van der Waals surface area contributed by atoms with Crippen LogP contribution in [0.25, 0.3) is 0 Å². The van der Waals surface area contributed by atoms with E-state index in [9.17, 15) is 4.39 Å². The molecule has 8 heteroatoms. The summed E-state index contributed by atoms with van der Waals surface area (Å²) in [4.78, 5) is 6.56. The van der Waals surface area contributed by atoms with Gasteiger partial charge in [0, 0.05) is 26.7 Å². The fourth-order valence-corrected chi connectivity index (χ4v) is 3.40. The Kier molecular flexibility index (Phi) is 8.36. The summed E-state index contributed by atoms with van der Waals surface area (Å²) >= 11 is 0. The molecule has 0 bridgehead atoms. The number of hydrogen-bond acceptors (Lipinski definition) is 4. The van der Waals surface area contributed by atoms with Gasteiger partial charge in [-0.2, -0.15) is 0 Å². The highest BCUT2D eigenvalue weighted by atomic mass is 127. The van der Waals surface area contributed by atoms with E-state index in [0.717, 1.165) is 36.0 Å². The maximum absolute atomic E-state index is 13.9. The number of nitrogens with one attached hydrogen (secondary N) is 1. The van der Waals surface area contributed by atoms with Crippen LogP contribution in [-0.4, -0.2) is 45.8 Å². The first-order valence-corrected chi connectivity index (χ1v) is 9.11. The molecule has 0 unspecified atom stereocenters. The number of halogens is 2. The van der Waals surface area contributed by atoms with Gasteiger partial charge in [-0.1, -0.05) is 6.07 Å². The number of benzene rings is 2. The van der Waals surface area contributed by atoms with Crippen LogP contribution in [0.4, 0.5) is 4.39 Å². The summed E-state index contributed by atoms with van der Waals surface area (Å²) in [6, 6.07) is 9.01. The first-order chi connectivity index (χ1) is 13.6. The average Bonchev–Trinajstić information content (AvgIpc) is 2.73. The Balaban J connectivity index is 0.00000300. The monoisotopic (exact) mass is 515 g/mol. The molecule has 0 aliphatic carbocycles. The SMILES string of the molecule is CN=C(NCc1ccc(OC)c(F)c1)N1CCc2cc(OC)c(OC)cc2C1.I. The van der Waals surface area contributed by atoms with Gasteiger partial charge in [-0.3, -0.25) is 4.99 Å². The van der Waals surface area contributed by atoms with Crippen LogP contribution in [0.2, 0.25) is 0 Å². The summed E-state index contributed by atoms with van der Waals surface area (Å²) < 4.78 is 29.7. The molecule has 0 spiro atoms. The van der Waals surface area contributed by atoms with Crippen LogP contribution in [0, 0.1) is 5.82 Å². The molecule has 158 valence electrons.